The van der Waals surface area contributed by atoms with Crippen LogP contribution in [0.15, 0.2) is 110 Å². The molecule has 0 amide bonds. The van der Waals surface area contributed by atoms with Crippen LogP contribution in [-0.2, 0) is 21.1 Å². The Kier molecular flexibility index (Phi) is 12.0. The third-order valence-corrected chi connectivity index (χ3v) is 3.48. The smallest absolute Gasteiger partial charge is 0.265 e. The van der Waals surface area contributed by atoms with E-state index >= 15 is 0 Å². The Hall–Kier alpha value is -2.95. The van der Waals surface area contributed by atoms with Crippen molar-refractivity contribution in [2.75, 3.05) is 0 Å². The van der Waals surface area contributed by atoms with Crippen molar-refractivity contribution in [2.24, 2.45) is 0 Å². The predicted molar refractivity (Wildman–Crippen MR) is 133 cm³/mol. The first-order chi connectivity index (χ1) is 17.8. The predicted octanol–water partition coefficient (Wildman–Crippen LogP) is 11.7. The first-order valence-electron chi connectivity index (χ1n) is 10.3. The Morgan fingerprint density at radius 2 is 0.634 bits per heavy atom. The second kappa shape index (κ2) is 12.9. The van der Waals surface area contributed by atoms with Crippen LogP contribution in [0.1, 0.15) is 0 Å². The number of rotatable bonds is 0. The number of hydrogen-bond acceptors (Lipinski definition) is 4. The Labute approximate surface area is 238 Å². The molecule has 4 aromatic heterocycles. The largest absolute Gasteiger partial charge is 2.00 e. The number of nitrogens with zero attached hydrogens (tertiary/aromatic N) is 4. The van der Waals surface area contributed by atoms with E-state index in [1.807, 2.05) is 48.5 Å². The molecule has 0 aliphatic heterocycles. The molecule has 0 atom stereocenters. The summed E-state index contributed by atoms with van der Waals surface area (Å²) >= 11 is 0. The third-order valence-electron chi connectivity index (χ3n) is 3.48. The van der Waals surface area contributed by atoms with Crippen molar-refractivity contribution in [1.29, 1.82) is 0 Å². The average Bonchev–Trinajstić information content (AvgIpc) is 2.83. The molecule has 41 heavy (non-hydrogen) atoms. The van der Waals surface area contributed by atoms with Crippen LogP contribution in [0.2, 0.25) is 0 Å². The van der Waals surface area contributed by atoms with Crippen molar-refractivity contribution in [3.05, 3.63) is 110 Å². The first-order valence-corrected chi connectivity index (χ1v) is 14.3. The van der Waals surface area contributed by atoms with Crippen LogP contribution < -0.4 is 0 Å². The minimum Gasteiger partial charge on any atom is -0.265 e. The summed E-state index contributed by atoms with van der Waals surface area (Å²) in [5, 5.41) is 2.28. The SMILES string of the molecule is F[P-](F)(F)(F)(F)F.F[P-](F)(F)(F)(F)F.[Pt+2].c1ccncc1.c1ccncc1.c1cnc2c(c1)ccc1cccnc12. The van der Waals surface area contributed by atoms with Gasteiger partial charge in [-0.3, -0.25) is 19.9 Å². The second-order valence-electron chi connectivity index (χ2n) is 7.18. The topological polar surface area (TPSA) is 51.6 Å². The fraction of sp³-hybridized carbons (Fsp3) is 0. The van der Waals surface area contributed by atoms with E-state index in [1.54, 1.807) is 37.2 Å². The van der Waals surface area contributed by atoms with Crippen LogP contribution in [0, 0.1) is 0 Å². The molecule has 4 heterocycles. The summed E-state index contributed by atoms with van der Waals surface area (Å²) in [6.45, 7) is 0. The zero-order valence-corrected chi connectivity index (χ0v) is 24.0. The molecule has 0 spiro atoms. The number of hydrogen-bond donors (Lipinski definition) is 0. The molecule has 0 radical (unpaired) electrons. The monoisotopic (exact) mass is 823 g/mol. The molecule has 0 unspecified atom stereocenters. The first kappa shape index (κ1) is 38.0. The van der Waals surface area contributed by atoms with Crippen LogP contribution in [0.5, 0.6) is 0 Å². The summed E-state index contributed by atoms with van der Waals surface area (Å²) in [5.74, 6) is 0. The molecule has 4 nitrogen and oxygen atoms in total. The van der Waals surface area contributed by atoms with Gasteiger partial charge in [-0.2, -0.15) is 0 Å². The van der Waals surface area contributed by atoms with Gasteiger partial charge in [0.05, 0.1) is 11.0 Å². The molecular formula is C22H18F12N4P2Pt. The molecule has 0 N–H and O–H groups in total. The Bertz CT molecular complexity index is 1290. The molecule has 0 aliphatic carbocycles. The minimum atomic E-state index is -10.7. The molecule has 0 fully saturated rings. The molecule has 1 aromatic carbocycles. The van der Waals surface area contributed by atoms with E-state index in [1.165, 1.54) is 0 Å². The van der Waals surface area contributed by atoms with Crippen LogP contribution in [-0.4, -0.2) is 19.9 Å². The third kappa shape index (κ3) is 28.4. The zero-order valence-electron chi connectivity index (χ0n) is 19.9. The second-order valence-corrected chi connectivity index (χ2v) is 11.0. The molecule has 0 bridgehead atoms. The van der Waals surface area contributed by atoms with E-state index in [9.17, 15) is 50.4 Å². The molecule has 0 saturated heterocycles. The molecule has 0 saturated carbocycles. The molecular weight excluding hydrogens is 805 g/mol. The Morgan fingerprint density at radius 1 is 0.366 bits per heavy atom. The number of fused-ring (bicyclic) bond motifs is 3. The summed E-state index contributed by atoms with van der Waals surface area (Å²) < 4.78 is 118. The molecule has 5 aromatic rings. The van der Waals surface area contributed by atoms with Gasteiger partial charge in [-0.05, 0) is 36.4 Å². The van der Waals surface area contributed by atoms with Gasteiger partial charge in [0.15, 0.2) is 0 Å². The van der Waals surface area contributed by atoms with Crippen molar-refractivity contribution in [3.8, 4) is 0 Å². The standard InChI is InChI=1S/C12H8N2.2C5H5N.2F6P.Pt/c1-3-9-5-6-10-4-2-8-14-12(10)11(9)13-7-1;2*1-2-4-6-5-3-1;2*1-7(2,3,4,5)6;/h1-8H;2*1-5H;;;/q;;;2*-1;+2. The molecule has 230 valence electrons. The Balaban J connectivity index is 0.000000515. The van der Waals surface area contributed by atoms with Gasteiger partial charge in [-0.25, -0.2) is 0 Å². The van der Waals surface area contributed by atoms with E-state index in [0.29, 0.717) is 0 Å². The quantitative estimate of drug-likeness (QED) is 0.0887. The molecule has 19 heteroatoms. The summed E-state index contributed by atoms with van der Waals surface area (Å²) in [7, 11) is -21.3. The Morgan fingerprint density at radius 3 is 0.829 bits per heavy atom. The molecule has 0 aliphatic rings. The van der Waals surface area contributed by atoms with Crippen LogP contribution in [0.4, 0.5) is 50.4 Å². The van der Waals surface area contributed by atoms with Crippen LogP contribution in [0.3, 0.4) is 0 Å². The van der Waals surface area contributed by atoms with Crippen LogP contribution >= 0.6 is 15.6 Å². The van der Waals surface area contributed by atoms with E-state index < -0.39 is 15.6 Å². The summed E-state index contributed by atoms with van der Waals surface area (Å²) in [6.07, 6.45) is 10.6. The van der Waals surface area contributed by atoms with Gasteiger partial charge >= 0.3 is 87.0 Å². The summed E-state index contributed by atoms with van der Waals surface area (Å²) in [6, 6.07) is 23.6. The van der Waals surface area contributed by atoms with E-state index in [-0.39, 0.29) is 21.1 Å². The van der Waals surface area contributed by atoms with Gasteiger partial charge in [-0.15, -0.1) is 0 Å². The van der Waals surface area contributed by atoms with E-state index in [4.69, 9.17) is 0 Å². The van der Waals surface area contributed by atoms with Gasteiger partial charge in [-0.1, -0.05) is 36.4 Å². The number of halogens is 12. The maximum atomic E-state index is 9.87. The van der Waals surface area contributed by atoms with Crippen molar-refractivity contribution in [2.45, 2.75) is 0 Å². The summed E-state index contributed by atoms with van der Waals surface area (Å²) in [5.41, 5.74) is 1.95. The van der Waals surface area contributed by atoms with Gasteiger partial charge < -0.3 is 0 Å². The normalized spacial score (nSPS) is 14.0. The van der Waals surface area contributed by atoms with Crippen molar-refractivity contribution in [1.82, 2.24) is 19.9 Å². The van der Waals surface area contributed by atoms with Crippen molar-refractivity contribution in [3.63, 3.8) is 0 Å². The maximum Gasteiger partial charge on any atom is 2.00 e. The van der Waals surface area contributed by atoms with Gasteiger partial charge in [0.25, 0.3) is 0 Å². The van der Waals surface area contributed by atoms with Gasteiger partial charge in [0.2, 0.25) is 0 Å². The van der Waals surface area contributed by atoms with Gasteiger partial charge in [0, 0.05) is 48.0 Å². The number of aromatic nitrogens is 4. The van der Waals surface area contributed by atoms with E-state index in [0.717, 1.165) is 21.8 Å². The maximum absolute atomic E-state index is 10.7. The minimum absolute atomic E-state index is 0. The zero-order chi connectivity index (χ0) is 30.7. The average molecular weight is 823 g/mol. The fourth-order valence-electron chi connectivity index (χ4n) is 2.30. The van der Waals surface area contributed by atoms with Crippen molar-refractivity contribution < 1.29 is 71.4 Å². The van der Waals surface area contributed by atoms with Crippen LogP contribution in [0.25, 0.3) is 21.8 Å². The number of pyridine rings is 4. The number of benzene rings is 1. The van der Waals surface area contributed by atoms with E-state index in [2.05, 4.69) is 44.2 Å². The van der Waals surface area contributed by atoms with Crippen molar-refractivity contribution >= 4 is 37.4 Å². The summed E-state index contributed by atoms with van der Waals surface area (Å²) in [4.78, 5) is 16.3. The van der Waals surface area contributed by atoms with Gasteiger partial charge in [0.1, 0.15) is 0 Å². The molecule has 5 rings (SSSR count). The fourth-order valence-corrected chi connectivity index (χ4v) is 2.30.